The molecule has 0 unspecified atom stereocenters. The number of anilines is 1. The molecule has 0 saturated carbocycles. The first kappa shape index (κ1) is 15.0. The highest BCUT2D eigenvalue weighted by molar-refractivity contribution is 9.10. The van der Waals surface area contributed by atoms with Gasteiger partial charge in [-0.05, 0) is 25.2 Å². The van der Waals surface area contributed by atoms with Crippen LogP contribution in [-0.2, 0) is 6.54 Å². The zero-order chi connectivity index (χ0) is 15.7. The number of nitrogens with one attached hydrogen (secondary N) is 1. The van der Waals surface area contributed by atoms with E-state index in [1.165, 1.54) is 4.90 Å². The number of amides is 1. The van der Waals surface area contributed by atoms with Gasteiger partial charge < -0.3 is 20.7 Å². The molecule has 22 heavy (non-hydrogen) atoms. The van der Waals surface area contributed by atoms with Crippen LogP contribution >= 0.6 is 15.9 Å². The lowest BCUT2D eigenvalue weighted by Crippen LogP contribution is -2.40. The third-order valence-corrected chi connectivity index (χ3v) is 4.56. The monoisotopic (exact) mass is 369 g/mol. The number of aromatic nitrogens is 4. The summed E-state index contributed by atoms with van der Waals surface area (Å²) in [5, 5.41) is 8.96. The van der Waals surface area contributed by atoms with Crippen molar-refractivity contribution < 1.29 is 14.5 Å². The van der Waals surface area contributed by atoms with Crippen LogP contribution in [-0.4, -0.2) is 44.1 Å². The van der Waals surface area contributed by atoms with Crippen molar-refractivity contribution in [3.05, 3.63) is 11.1 Å². The minimum absolute atomic E-state index is 0.430. The topological polar surface area (TPSA) is 112 Å². The van der Waals surface area contributed by atoms with Crippen molar-refractivity contribution in [2.24, 2.45) is 5.92 Å². The smallest absolute Gasteiger partial charge is 0.407 e. The van der Waals surface area contributed by atoms with Gasteiger partial charge in [0.2, 0.25) is 12.1 Å². The summed E-state index contributed by atoms with van der Waals surface area (Å²) < 4.78 is 2.61. The zero-order valence-electron chi connectivity index (χ0n) is 12.0. The Hall–Kier alpha value is -1.90. The molecule has 1 aliphatic rings. The molecule has 3 rings (SSSR count). The summed E-state index contributed by atoms with van der Waals surface area (Å²) in [6.07, 6.45) is 3.67. The van der Waals surface area contributed by atoms with Crippen LogP contribution in [0.25, 0.3) is 11.2 Å². The van der Waals surface area contributed by atoms with E-state index in [-0.39, 0.29) is 0 Å². The number of nitrogens with zero attached hydrogens (tertiary/aromatic N) is 4. The Balaban J connectivity index is 1.65. The second-order valence-corrected chi connectivity index (χ2v) is 6.30. The summed E-state index contributed by atoms with van der Waals surface area (Å²) in [4.78, 5) is 24.0. The number of imidazole rings is 1. The van der Waals surface area contributed by atoms with Crippen molar-refractivity contribution in [3.8, 4) is 0 Å². The molecule has 0 bridgehead atoms. The number of halogens is 1. The van der Waals surface area contributed by atoms with Crippen molar-refractivity contribution in [1.29, 1.82) is 0 Å². The lowest BCUT2D eigenvalue weighted by molar-refractivity contribution is -0.677. The van der Waals surface area contributed by atoms with Crippen molar-refractivity contribution in [3.63, 3.8) is 0 Å². The van der Waals surface area contributed by atoms with E-state index in [0.717, 1.165) is 37.0 Å². The van der Waals surface area contributed by atoms with Gasteiger partial charge in [0, 0.05) is 29.0 Å². The molecule has 4 N–H and O–H groups in total. The molecule has 0 radical (unpaired) electrons. The predicted molar refractivity (Wildman–Crippen MR) is 83.1 cm³/mol. The summed E-state index contributed by atoms with van der Waals surface area (Å²) >= 11 is 3.32. The molecule has 1 fully saturated rings. The number of nitrogens with two attached hydrogens (primary N) is 1. The van der Waals surface area contributed by atoms with Crippen LogP contribution in [0.3, 0.4) is 0 Å². The number of fused-ring (bicyclic) bond motifs is 1. The lowest BCUT2D eigenvalue weighted by Gasteiger charge is -2.29. The average molecular weight is 370 g/mol. The maximum absolute atomic E-state index is 10.9. The van der Waals surface area contributed by atoms with E-state index in [4.69, 9.17) is 10.8 Å². The van der Waals surface area contributed by atoms with E-state index < -0.39 is 6.09 Å². The molecule has 0 aliphatic carbocycles. The minimum Gasteiger partial charge on any atom is -0.465 e. The number of aromatic amines is 1. The van der Waals surface area contributed by atoms with Crippen molar-refractivity contribution in [1.82, 2.24) is 19.9 Å². The first-order chi connectivity index (χ1) is 10.5. The maximum atomic E-state index is 10.9. The Morgan fingerprint density at radius 1 is 1.55 bits per heavy atom. The molecule has 118 valence electrons. The van der Waals surface area contributed by atoms with Crippen molar-refractivity contribution in [2.75, 3.05) is 18.8 Å². The molecule has 0 aromatic carbocycles. The van der Waals surface area contributed by atoms with Gasteiger partial charge in [-0.2, -0.15) is 0 Å². The number of carbonyl (C=O) groups is 1. The SMILES string of the molecule is Nc1nc[n+](CCC2CCN(C(=O)O)CC2)c2nc(Br)[nH]c12. The Labute approximate surface area is 135 Å². The van der Waals surface area contributed by atoms with Gasteiger partial charge in [0.25, 0.3) is 10.4 Å². The number of piperidine rings is 1. The molecule has 0 atom stereocenters. The highest BCUT2D eigenvalue weighted by Gasteiger charge is 2.23. The van der Waals surface area contributed by atoms with E-state index in [1.807, 2.05) is 4.57 Å². The molecular formula is C13H18BrN6O2+. The lowest BCUT2D eigenvalue weighted by atomic mass is 9.94. The predicted octanol–water partition coefficient (Wildman–Crippen LogP) is 1.37. The Morgan fingerprint density at radius 2 is 2.27 bits per heavy atom. The van der Waals surface area contributed by atoms with Crippen LogP contribution in [0.2, 0.25) is 0 Å². The van der Waals surface area contributed by atoms with Gasteiger partial charge in [0.15, 0.2) is 5.52 Å². The average Bonchev–Trinajstić information content (AvgIpc) is 2.90. The van der Waals surface area contributed by atoms with Crippen molar-refractivity contribution >= 4 is 39.0 Å². The molecule has 1 saturated heterocycles. The summed E-state index contributed by atoms with van der Waals surface area (Å²) in [6, 6.07) is 0. The highest BCUT2D eigenvalue weighted by atomic mass is 79.9. The third-order valence-electron chi connectivity index (χ3n) is 4.18. The Morgan fingerprint density at radius 3 is 2.95 bits per heavy atom. The van der Waals surface area contributed by atoms with E-state index in [2.05, 4.69) is 30.9 Å². The maximum Gasteiger partial charge on any atom is 0.407 e. The molecule has 0 spiro atoms. The number of aryl methyl sites for hydroxylation is 1. The standard InChI is InChI=1S/C13H17BrN6O2/c14-12-17-9-10(15)16-7-20(11(9)18-12)6-3-8-1-4-19(5-2-8)13(21)22/h7-8H,1-6H2,(H3,15,17,18,21,22)/p+1. The third kappa shape index (κ3) is 2.99. The zero-order valence-corrected chi connectivity index (χ0v) is 13.6. The van der Waals surface area contributed by atoms with Crippen LogP contribution in [0.15, 0.2) is 11.1 Å². The first-order valence-corrected chi connectivity index (χ1v) is 8.01. The normalized spacial score (nSPS) is 16.3. The largest absolute Gasteiger partial charge is 0.465 e. The molecule has 1 amide bonds. The number of rotatable bonds is 3. The first-order valence-electron chi connectivity index (χ1n) is 7.21. The van der Waals surface area contributed by atoms with Crippen LogP contribution in [0.5, 0.6) is 0 Å². The summed E-state index contributed by atoms with van der Waals surface area (Å²) in [5.41, 5.74) is 7.35. The Kier molecular flexibility index (Phi) is 4.14. The van der Waals surface area contributed by atoms with E-state index >= 15 is 0 Å². The highest BCUT2D eigenvalue weighted by Crippen LogP contribution is 2.21. The van der Waals surface area contributed by atoms with Crippen LogP contribution in [0.4, 0.5) is 10.6 Å². The number of nitrogen functional groups attached to an aromatic ring is 1. The molecule has 8 nitrogen and oxygen atoms in total. The summed E-state index contributed by atoms with van der Waals surface area (Å²) in [6.45, 7) is 2.03. The molecule has 2 aromatic rings. The van der Waals surface area contributed by atoms with Gasteiger partial charge in [-0.3, -0.25) is 0 Å². The fourth-order valence-electron chi connectivity index (χ4n) is 2.87. The second-order valence-electron chi connectivity index (χ2n) is 5.55. The van der Waals surface area contributed by atoms with Gasteiger partial charge >= 0.3 is 6.09 Å². The van der Waals surface area contributed by atoms with Gasteiger partial charge in [0.1, 0.15) is 0 Å². The van der Waals surface area contributed by atoms with Crippen molar-refractivity contribution in [2.45, 2.75) is 25.8 Å². The van der Waals surface area contributed by atoms with Gasteiger partial charge in [-0.1, -0.05) is 9.97 Å². The van der Waals surface area contributed by atoms with Gasteiger partial charge in [0.05, 0.1) is 6.54 Å². The van der Waals surface area contributed by atoms with E-state index in [1.54, 1.807) is 6.33 Å². The quantitative estimate of drug-likeness (QED) is 0.558. The molecule has 1 aliphatic heterocycles. The van der Waals surface area contributed by atoms with Crippen LogP contribution < -0.4 is 10.3 Å². The number of H-pyrrole nitrogens is 1. The van der Waals surface area contributed by atoms with Gasteiger partial charge in [-0.15, -0.1) is 0 Å². The number of hydrogen-bond donors (Lipinski definition) is 3. The fourth-order valence-corrected chi connectivity index (χ4v) is 3.24. The fraction of sp³-hybridized carbons (Fsp3) is 0.538. The second kappa shape index (κ2) is 6.07. The van der Waals surface area contributed by atoms with E-state index in [0.29, 0.717) is 29.6 Å². The van der Waals surface area contributed by atoms with Gasteiger partial charge in [-0.25, -0.2) is 9.36 Å². The molecule has 2 aromatic heterocycles. The van der Waals surface area contributed by atoms with Crippen LogP contribution in [0, 0.1) is 5.92 Å². The minimum atomic E-state index is -0.821. The molecule has 3 heterocycles. The summed E-state index contributed by atoms with van der Waals surface area (Å²) in [7, 11) is 0. The molecule has 9 heteroatoms. The number of carboxylic acid groups (broad SMARTS) is 1. The number of likely N-dealkylation sites (tertiary alicyclic amines) is 1. The Bertz CT molecular complexity index is 695. The van der Waals surface area contributed by atoms with E-state index in [9.17, 15) is 4.79 Å². The number of hydrogen-bond acceptors (Lipinski definition) is 4. The molecular weight excluding hydrogens is 352 g/mol. The van der Waals surface area contributed by atoms with Crippen LogP contribution in [0.1, 0.15) is 19.3 Å². The summed E-state index contributed by atoms with van der Waals surface area (Å²) in [5.74, 6) is 0.956.